The van der Waals surface area contributed by atoms with Gasteiger partial charge in [-0.3, -0.25) is 4.79 Å². The van der Waals surface area contributed by atoms with E-state index in [0.29, 0.717) is 12.8 Å². The zero-order valence-electron chi connectivity index (χ0n) is 17.5. The number of hydrogen-bond donors (Lipinski definition) is 1. The number of piperidine rings is 1. The largest absolute Gasteiger partial charge is 0.349 e. The molecule has 1 fully saturated rings. The number of nitrogens with one attached hydrogen (secondary N) is 1. The van der Waals surface area contributed by atoms with Crippen LogP contribution >= 0.6 is 0 Å². The second-order valence-corrected chi connectivity index (χ2v) is 9.82. The second kappa shape index (κ2) is 9.71. The lowest BCUT2D eigenvalue weighted by molar-refractivity contribution is -0.126. The van der Waals surface area contributed by atoms with Gasteiger partial charge in [-0.1, -0.05) is 49.4 Å². The topological polar surface area (TPSA) is 66.5 Å². The molecule has 2 aromatic carbocycles. The summed E-state index contributed by atoms with van der Waals surface area (Å²) >= 11 is 0. The van der Waals surface area contributed by atoms with Crippen LogP contribution in [0, 0.1) is 11.7 Å². The number of amides is 1. The normalized spacial score (nSPS) is 16.9. The number of halogens is 1. The Bertz CT molecular complexity index is 968. The summed E-state index contributed by atoms with van der Waals surface area (Å²) in [4.78, 5) is 12.7. The van der Waals surface area contributed by atoms with Gasteiger partial charge in [-0.25, -0.2) is 17.1 Å². The standard InChI is InChI=1S/C23H29FN2O3S/c1-3-18-8-10-19(11-9-18)17(2)25-23(27)20-12-14-26(15-13-20)30(28,29)16-21-6-4-5-7-22(21)24/h4-11,17,20H,3,12-16H2,1-2H3,(H,25,27). The van der Waals surface area contributed by atoms with Crippen molar-refractivity contribution in [2.75, 3.05) is 13.1 Å². The van der Waals surface area contributed by atoms with Gasteiger partial charge in [0.25, 0.3) is 0 Å². The van der Waals surface area contributed by atoms with Gasteiger partial charge in [-0.2, -0.15) is 0 Å². The molecule has 1 atom stereocenters. The fourth-order valence-corrected chi connectivity index (χ4v) is 5.33. The van der Waals surface area contributed by atoms with Gasteiger partial charge < -0.3 is 5.32 Å². The molecule has 30 heavy (non-hydrogen) atoms. The number of hydrogen-bond acceptors (Lipinski definition) is 3. The molecule has 0 saturated carbocycles. The molecule has 7 heteroatoms. The highest BCUT2D eigenvalue weighted by Gasteiger charge is 2.32. The molecule has 0 spiro atoms. The third-order valence-electron chi connectivity index (χ3n) is 5.76. The minimum atomic E-state index is -3.62. The molecular weight excluding hydrogens is 403 g/mol. The molecule has 3 rings (SSSR count). The molecule has 0 bridgehead atoms. The van der Waals surface area contributed by atoms with Gasteiger partial charge in [0.15, 0.2) is 0 Å². The van der Waals surface area contributed by atoms with Crippen LogP contribution in [0.5, 0.6) is 0 Å². The Morgan fingerprint density at radius 3 is 2.37 bits per heavy atom. The molecule has 0 radical (unpaired) electrons. The highest BCUT2D eigenvalue weighted by Crippen LogP contribution is 2.24. The Labute approximate surface area is 178 Å². The summed E-state index contributed by atoms with van der Waals surface area (Å²) in [5.41, 5.74) is 2.46. The minimum Gasteiger partial charge on any atom is -0.349 e. The Morgan fingerprint density at radius 2 is 1.77 bits per heavy atom. The van der Waals surface area contributed by atoms with Crippen LogP contribution in [0.3, 0.4) is 0 Å². The molecule has 1 aliphatic rings. The van der Waals surface area contributed by atoms with E-state index in [1.54, 1.807) is 6.07 Å². The third-order valence-corrected chi connectivity index (χ3v) is 7.59. The van der Waals surface area contributed by atoms with Crippen LogP contribution in [0.25, 0.3) is 0 Å². The van der Waals surface area contributed by atoms with Crippen molar-refractivity contribution in [1.82, 2.24) is 9.62 Å². The van der Waals surface area contributed by atoms with E-state index >= 15 is 0 Å². The average Bonchev–Trinajstić information content (AvgIpc) is 2.75. The molecule has 0 aromatic heterocycles. The lowest BCUT2D eigenvalue weighted by Crippen LogP contribution is -2.43. The van der Waals surface area contributed by atoms with E-state index in [9.17, 15) is 17.6 Å². The van der Waals surface area contributed by atoms with Crippen molar-refractivity contribution in [3.63, 3.8) is 0 Å². The minimum absolute atomic E-state index is 0.0479. The number of rotatable bonds is 7. The van der Waals surface area contributed by atoms with Gasteiger partial charge in [0.05, 0.1) is 11.8 Å². The molecule has 1 saturated heterocycles. The van der Waals surface area contributed by atoms with E-state index < -0.39 is 15.8 Å². The van der Waals surface area contributed by atoms with E-state index in [1.165, 1.54) is 28.1 Å². The number of benzene rings is 2. The maximum atomic E-state index is 13.8. The first-order valence-corrected chi connectivity index (χ1v) is 12.0. The summed E-state index contributed by atoms with van der Waals surface area (Å²) in [7, 11) is -3.62. The maximum absolute atomic E-state index is 13.8. The van der Waals surface area contributed by atoms with Crippen LogP contribution in [0.2, 0.25) is 0 Å². The van der Waals surface area contributed by atoms with Crippen LogP contribution < -0.4 is 5.32 Å². The molecule has 1 heterocycles. The number of carbonyl (C=O) groups is 1. The first-order valence-electron chi connectivity index (χ1n) is 10.4. The molecule has 2 aromatic rings. The SMILES string of the molecule is CCc1ccc(C(C)NC(=O)C2CCN(S(=O)(=O)Cc3ccccc3F)CC2)cc1. The fraction of sp³-hybridized carbons (Fsp3) is 0.435. The van der Waals surface area contributed by atoms with Gasteiger partial charge in [-0.05, 0) is 43.4 Å². The fourth-order valence-electron chi connectivity index (χ4n) is 3.76. The average molecular weight is 433 g/mol. The first-order chi connectivity index (χ1) is 14.3. The predicted octanol–water partition coefficient (Wildman–Crippen LogP) is 3.81. The van der Waals surface area contributed by atoms with Gasteiger partial charge in [0.2, 0.25) is 15.9 Å². The highest BCUT2D eigenvalue weighted by atomic mass is 32.2. The monoisotopic (exact) mass is 432 g/mol. The van der Waals surface area contributed by atoms with Crippen molar-refractivity contribution in [2.24, 2.45) is 5.92 Å². The number of aryl methyl sites for hydroxylation is 1. The van der Waals surface area contributed by atoms with Crippen molar-refractivity contribution in [2.45, 2.75) is 44.9 Å². The van der Waals surface area contributed by atoms with Crippen molar-refractivity contribution < 1.29 is 17.6 Å². The van der Waals surface area contributed by atoms with Crippen LogP contribution in [-0.2, 0) is 27.0 Å². The summed E-state index contributed by atoms with van der Waals surface area (Å²) in [6.45, 7) is 4.60. The molecule has 1 N–H and O–H groups in total. The maximum Gasteiger partial charge on any atom is 0.223 e. The number of carbonyl (C=O) groups excluding carboxylic acids is 1. The summed E-state index contributed by atoms with van der Waals surface area (Å²) in [5, 5.41) is 3.05. The zero-order valence-corrected chi connectivity index (χ0v) is 18.3. The zero-order chi connectivity index (χ0) is 21.7. The van der Waals surface area contributed by atoms with Gasteiger partial charge in [0.1, 0.15) is 5.82 Å². The Balaban J connectivity index is 1.54. The molecule has 1 amide bonds. The van der Waals surface area contributed by atoms with Gasteiger partial charge in [0, 0.05) is 24.6 Å². The van der Waals surface area contributed by atoms with E-state index in [-0.39, 0.29) is 42.3 Å². The van der Waals surface area contributed by atoms with E-state index in [4.69, 9.17) is 0 Å². The smallest absolute Gasteiger partial charge is 0.223 e. The molecule has 5 nitrogen and oxygen atoms in total. The van der Waals surface area contributed by atoms with Crippen LogP contribution in [0.15, 0.2) is 48.5 Å². The van der Waals surface area contributed by atoms with Crippen molar-refractivity contribution in [3.05, 3.63) is 71.0 Å². The number of nitrogens with zero attached hydrogens (tertiary/aromatic N) is 1. The summed E-state index contributed by atoms with van der Waals surface area (Å²) < 4.78 is 40.5. The Morgan fingerprint density at radius 1 is 1.13 bits per heavy atom. The van der Waals surface area contributed by atoms with Gasteiger partial charge >= 0.3 is 0 Å². The summed E-state index contributed by atoms with van der Waals surface area (Å²) in [5.74, 6) is -1.15. The quantitative estimate of drug-likeness (QED) is 0.724. The first kappa shape index (κ1) is 22.4. The lowest BCUT2D eigenvalue weighted by Gasteiger charge is -2.31. The second-order valence-electron chi connectivity index (χ2n) is 7.85. The molecule has 1 aliphatic heterocycles. The van der Waals surface area contributed by atoms with E-state index in [0.717, 1.165) is 12.0 Å². The van der Waals surface area contributed by atoms with Crippen molar-refractivity contribution >= 4 is 15.9 Å². The molecule has 162 valence electrons. The van der Waals surface area contributed by atoms with Crippen LogP contribution in [-0.4, -0.2) is 31.7 Å². The molecule has 1 unspecified atom stereocenters. The molecular formula is C23H29FN2O3S. The van der Waals surface area contributed by atoms with Crippen molar-refractivity contribution in [1.29, 1.82) is 0 Å². The van der Waals surface area contributed by atoms with Gasteiger partial charge in [-0.15, -0.1) is 0 Å². The van der Waals surface area contributed by atoms with Crippen LogP contribution in [0.4, 0.5) is 4.39 Å². The predicted molar refractivity (Wildman–Crippen MR) is 116 cm³/mol. The third kappa shape index (κ3) is 5.46. The van der Waals surface area contributed by atoms with Crippen LogP contribution in [0.1, 0.15) is 49.4 Å². The Hall–Kier alpha value is -2.25. The number of sulfonamides is 1. The van der Waals surface area contributed by atoms with E-state index in [2.05, 4.69) is 24.4 Å². The lowest BCUT2D eigenvalue weighted by atomic mass is 9.96. The van der Waals surface area contributed by atoms with E-state index in [1.807, 2.05) is 19.1 Å². The Kier molecular flexibility index (Phi) is 7.26. The summed E-state index contributed by atoms with van der Waals surface area (Å²) in [6.07, 6.45) is 1.90. The molecule has 0 aliphatic carbocycles. The van der Waals surface area contributed by atoms with Crippen molar-refractivity contribution in [3.8, 4) is 0 Å². The highest BCUT2D eigenvalue weighted by molar-refractivity contribution is 7.88. The summed E-state index contributed by atoms with van der Waals surface area (Å²) in [6, 6.07) is 14.0.